The molecule has 570 valence electrons. The minimum atomic E-state index is -3.82. The van der Waals surface area contributed by atoms with Crippen LogP contribution < -0.4 is 32.3 Å². The van der Waals surface area contributed by atoms with Crippen molar-refractivity contribution in [1.29, 1.82) is 0 Å². The van der Waals surface area contributed by atoms with Crippen molar-refractivity contribution in [2.24, 2.45) is 17.8 Å². The number of aliphatic hydroxyl groups is 1. The van der Waals surface area contributed by atoms with Crippen molar-refractivity contribution < 1.29 is 92.8 Å². The van der Waals surface area contributed by atoms with Gasteiger partial charge in [-0.2, -0.15) is 0 Å². The Morgan fingerprint density at radius 1 is 0.406 bits per heavy atom. The van der Waals surface area contributed by atoms with Crippen molar-refractivity contribution in [2.45, 2.75) is 169 Å². The summed E-state index contributed by atoms with van der Waals surface area (Å²) >= 11 is 11.2. The molecule has 8 aromatic carbocycles. The highest BCUT2D eigenvalue weighted by atomic mass is 35.7. The molecule has 0 saturated heterocycles. The smallest absolute Gasteiger partial charge is 0.508 e. The third-order valence-corrected chi connectivity index (χ3v) is 23.9. The molecule has 3 N–H and O–H groups in total. The van der Waals surface area contributed by atoms with E-state index in [1.807, 2.05) is 54.6 Å². The second kappa shape index (κ2) is 37.6. The summed E-state index contributed by atoms with van der Waals surface area (Å²) in [5, 5.41) is 17.5. The van der Waals surface area contributed by atoms with E-state index in [-0.39, 0.29) is 58.4 Å². The van der Waals surface area contributed by atoms with Crippen LogP contribution >= 0.6 is 53.3 Å². The first kappa shape index (κ1) is 81.8. The van der Waals surface area contributed by atoms with Crippen LogP contribution in [0.1, 0.15) is 198 Å². The molecule has 3 aliphatic carbocycles. The van der Waals surface area contributed by atoms with Gasteiger partial charge < -0.3 is 42.5 Å². The highest BCUT2D eigenvalue weighted by Crippen LogP contribution is 2.59. The van der Waals surface area contributed by atoms with Gasteiger partial charge in [0.25, 0.3) is 0 Å². The summed E-state index contributed by atoms with van der Waals surface area (Å²) in [5.41, 5.74) is 11.2. The Bertz CT molecular complexity index is 4210. The van der Waals surface area contributed by atoms with Crippen LogP contribution in [-0.2, 0) is 78.4 Å². The van der Waals surface area contributed by atoms with Crippen LogP contribution in [0.4, 0.5) is 0 Å². The van der Waals surface area contributed by atoms with Gasteiger partial charge in [0.2, 0.25) is 13.6 Å². The summed E-state index contributed by atoms with van der Waals surface area (Å²) in [5.74, 6) is 9.69. The Labute approximate surface area is 632 Å². The van der Waals surface area contributed by atoms with Gasteiger partial charge in [-0.3, -0.25) is 23.0 Å². The Morgan fingerprint density at radius 3 is 1.08 bits per heavy atom. The van der Waals surface area contributed by atoms with E-state index in [9.17, 15) is 18.3 Å². The number of aromatic hydroxyl groups is 1. The number of hydrogen-bond donors (Lipinski definition) is 3. The molecule has 4 aliphatic heterocycles. The fraction of sp³-hybridized carbons (Fsp3) is 0.400. The molecule has 0 aromatic heterocycles. The van der Waals surface area contributed by atoms with Crippen molar-refractivity contribution in [2.75, 3.05) is 19.7 Å². The number of aliphatic hydroxyl groups excluding tert-OH is 1. The van der Waals surface area contributed by atoms with Gasteiger partial charge in [0.1, 0.15) is 46.0 Å². The molecule has 0 bridgehead atoms. The van der Waals surface area contributed by atoms with Crippen LogP contribution in [0.3, 0.4) is 0 Å². The molecule has 20 nitrogen and oxygen atoms in total. The van der Waals surface area contributed by atoms with Crippen LogP contribution in [0.25, 0.3) is 0 Å². The first-order valence-corrected chi connectivity index (χ1v) is 43.2. The predicted molar refractivity (Wildman–Crippen MR) is 409 cm³/mol. The van der Waals surface area contributed by atoms with E-state index in [0.717, 1.165) is 56.5 Å². The summed E-state index contributed by atoms with van der Waals surface area (Å²) in [6.45, 7) is 16.7. The molecule has 106 heavy (non-hydrogen) atoms. The monoisotopic (exact) mass is 1570 g/mol. The number of para-hydroxylation sites is 8. The summed E-state index contributed by atoms with van der Waals surface area (Å²) in [6, 6.07) is 54.9. The number of ether oxygens (including phenoxy) is 3. The molecule has 26 heteroatoms. The highest BCUT2D eigenvalue weighted by molar-refractivity contribution is 7.81. The van der Waals surface area contributed by atoms with E-state index >= 15 is 0 Å². The fourth-order valence-corrected chi connectivity index (χ4v) is 16.5. The summed E-state index contributed by atoms with van der Waals surface area (Å²) in [4.78, 5) is 8.93. The Balaban J connectivity index is 0.000000143. The van der Waals surface area contributed by atoms with E-state index < -0.39 is 30.4 Å². The second-order valence-corrected chi connectivity index (χ2v) is 35.0. The van der Waals surface area contributed by atoms with Crippen molar-refractivity contribution in [3.63, 3.8) is 0 Å². The second-order valence-electron chi connectivity index (χ2n) is 27.6. The molecule has 8 aromatic rings. The molecule has 0 amide bonds. The summed E-state index contributed by atoms with van der Waals surface area (Å²) < 4.78 is 117. The molecule has 4 unspecified atom stereocenters. The summed E-state index contributed by atoms with van der Waals surface area (Å²) in [7, 11) is -11.2. The largest absolute Gasteiger partial charge is 0.533 e. The van der Waals surface area contributed by atoms with E-state index in [1.54, 1.807) is 66.7 Å². The maximum Gasteiger partial charge on any atom is 0.533 e. The van der Waals surface area contributed by atoms with Gasteiger partial charge in [-0.25, -0.2) is 27.3 Å². The number of benzene rings is 8. The summed E-state index contributed by atoms with van der Waals surface area (Å²) in [6.07, 6.45) is 7.76. The number of fused-ring (bicyclic) bond motifs is 4. The van der Waals surface area contributed by atoms with Crippen molar-refractivity contribution >= 4 is 53.3 Å². The zero-order valence-corrected chi connectivity index (χ0v) is 66.3. The zero-order valence-electron chi connectivity index (χ0n) is 61.2. The van der Waals surface area contributed by atoms with E-state index in [4.69, 9.17) is 92.9 Å². The van der Waals surface area contributed by atoms with Gasteiger partial charge in [-0.15, -0.1) is 0 Å². The predicted octanol–water partition coefficient (Wildman–Crippen LogP) is 23.2. The number of phosphoric ester groups is 3. The van der Waals surface area contributed by atoms with Crippen LogP contribution in [0, 0.1) is 17.8 Å². The number of alkyl halides is 1. The number of phenols is 1. The van der Waals surface area contributed by atoms with Crippen molar-refractivity contribution in [1.82, 2.24) is 0 Å². The number of halogens is 2. The number of hydrogen-bond acceptors (Lipinski definition) is 19. The third-order valence-electron chi connectivity index (χ3n) is 19.0. The van der Waals surface area contributed by atoms with Gasteiger partial charge in [-0.1, -0.05) is 220 Å². The lowest BCUT2D eigenvalue weighted by Gasteiger charge is -2.26. The minimum absolute atomic E-state index is 0.104. The van der Waals surface area contributed by atoms with Gasteiger partial charge in [0.15, 0.2) is 6.07 Å². The molecular weight excluding hydrogens is 1480 g/mol. The molecule has 4 heterocycles. The lowest BCUT2D eigenvalue weighted by atomic mass is 9.90. The molecule has 3 fully saturated rings. The van der Waals surface area contributed by atoms with E-state index in [1.165, 1.54) is 60.8 Å². The zero-order chi connectivity index (χ0) is 75.8. The Hall–Kier alpha value is -6.66. The molecular formula is C80H96Cl2O20P4. The topological polar surface area (TPSA) is 249 Å². The van der Waals surface area contributed by atoms with Gasteiger partial charge >= 0.3 is 30.4 Å². The first-order chi connectivity index (χ1) is 50.8. The molecule has 7 aliphatic rings. The number of phosphoric acid groups is 3. The average Bonchev–Trinajstić information content (AvgIpc) is 1.30. The molecule has 0 radical (unpaired) electrons. The quantitative estimate of drug-likeness (QED) is 0.0364. The van der Waals surface area contributed by atoms with E-state index in [0.29, 0.717) is 75.9 Å². The lowest BCUT2D eigenvalue weighted by Crippen LogP contribution is -2.13. The van der Waals surface area contributed by atoms with Crippen LogP contribution in [0.2, 0.25) is 0 Å². The Kier molecular flexibility index (Phi) is 29.1. The fourth-order valence-electron chi connectivity index (χ4n) is 12.4. The van der Waals surface area contributed by atoms with Crippen molar-refractivity contribution in [3.05, 3.63) is 237 Å². The maximum absolute atomic E-state index is 12.8. The Morgan fingerprint density at radius 2 is 0.726 bits per heavy atom. The first-order valence-electron chi connectivity index (χ1n) is 35.8. The minimum Gasteiger partial charge on any atom is -0.508 e. The van der Waals surface area contributed by atoms with Gasteiger partial charge in [0.05, 0.1) is 33.0 Å². The molecule has 7 atom stereocenters. The lowest BCUT2D eigenvalue weighted by molar-refractivity contribution is 0.0589. The van der Waals surface area contributed by atoms with E-state index in [2.05, 4.69) is 121 Å². The molecule has 3 saturated carbocycles. The van der Waals surface area contributed by atoms with Crippen LogP contribution in [-0.4, -0.2) is 34.8 Å². The maximum atomic E-state index is 12.8. The third kappa shape index (κ3) is 23.0. The average molecular weight is 1570 g/mol. The normalized spacial score (nSPS) is 21.6. The SMILES string of the molecule is CC(C)c1cccc([C@H](C)C2CC2)c1OCCl.CC(C)c1cccc([C@H](C)C2CC2)c1OCOP1(=O)OCc2ccccc2O1.CC(C)c1cccc([C@H](C)C2CC2)c1OCOP1(=O)OCc2ccccc2O1.O=P1(Cl)OCc2ccccc2O1.O=P1(O)OCc2ccccc2O1.OCc1ccccc1O. The van der Waals surface area contributed by atoms with Gasteiger partial charge in [0, 0.05) is 39.1 Å². The molecule has 0 spiro atoms. The number of rotatable bonds is 20. The highest BCUT2D eigenvalue weighted by Gasteiger charge is 2.39. The van der Waals surface area contributed by atoms with Gasteiger partial charge in [-0.05, 0) is 155 Å². The standard InChI is InChI=1S/2C22H27O5P.C15H21ClO.C7H6ClO3P.C7H7O4P.C7H8O2/c2*1-15(2)19-8-6-9-20(16(3)17-11-12-17)22(19)24-14-26-28(23)25-13-18-7-4-5-10-21(18)27-28;1-10(2)13-5-4-6-14(15(13)17-9-16)11(3)12-7-8-12;2*8-12(9)10-5-6-3-1-2-4-7(6)11-12;8-5-6-3-1-2-4-7(6)9/h2*4-10,15-17H,11-14H2,1-3H3;4-6,10-12H,7-9H2,1-3H3;1-4H,5H2;1-4H,5H2,(H,8,9);1-4,8-9H,5H2/t2*16-,28?;11-;;;/m111.../s1. The van der Waals surface area contributed by atoms with Crippen LogP contribution in [0.15, 0.2) is 176 Å². The molecule has 15 rings (SSSR count). The van der Waals surface area contributed by atoms with Crippen molar-refractivity contribution in [3.8, 4) is 46.0 Å². The van der Waals surface area contributed by atoms with Crippen LogP contribution in [0.5, 0.6) is 46.0 Å².